The number of hydrogen-bond acceptors (Lipinski definition) is 5. The van der Waals surface area contributed by atoms with E-state index in [0.717, 1.165) is 63.5 Å². The van der Waals surface area contributed by atoms with Gasteiger partial charge in [0, 0.05) is 39.4 Å². The van der Waals surface area contributed by atoms with Crippen LogP contribution in [0, 0.1) is 12.3 Å². The standard InChI is InChI=1S/C20H29N5O2/c1-4-24-12-15(26)11-20(13-24)6-9-25(10-7-20)19(27)16-5-8-21-18-17(16)22-14(2)23(18)3/h5,8,15,26H,4,6-7,9-13H2,1-3H3. The van der Waals surface area contributed by atoms with Crippen molar-refractivity contribution < 1.29 is 9.90 Å². The highest BCUT2D eigenvalue weighted by atomic mass is 16.3. The van der Waals surface area contributed by atoms with E-state index in [1.54, 1.807) is 12.3 Å². The van der Waals surface area contributed by atoms with Crippen molar-refractivity contribution in [2.45, 2.75) is 39.2 Å². The van der Waals surface area contributed by atoms with Crippen LogP contribution in [0.25, 0.3) is 11.2 Å². The lowest BCUT2D eigenvalue weighted by atomic mass is 9.71. The second-order valence-corrected chi connectivity index (χ2v) is 8.23. The van der Waals surface area contributed by atoms with Crippen LogP contribution in [0.15, 0.2) is 12.3 Å². The first-order chi connectivity index (χ1) is 12.9. The zero-order chi connectivity index (χ0) is 19.2. The fraction of sp³-hybridized carbons (Fsp3) is 0.650. The Morgan fingerprint density at radius 1 is 1.37 bits per heavy atom. The monoisotopic (exact) mass is 371 g/mol. The van der Waals surface area contributed by atoms with Gasteiger partial charge in [0.05, 0.1) is 11.7 Å². The highest BCUT2D eigenvalue weighted by Crippen LogP contribution is 2.40. The van der Waals surface area contributed by atoms with E-state index in [9.17, 15) is 9.90 Å². The molecule has 0 saturated carbocycles. The van der Waals surface area contributed by atoms with Crippen molar-refractivity contribution in [3.8, 4) is 0 Å². The Bertz CT molecular complexity index is 853. The van der Waals surface area contributed by atoms with Crippen LogP contribution in [-0.4, -0.2) is 74.2 Å². The van der Waals surface area contributed by atoms with Crippen molar-refractivity contribution in [2.24, 2.45) is 12.5 Å². The van der Waals surface area contributed by atoms with Crippen molar-refractivity contribution in [1.29, 1.82) is 0 Å². The molecule has 7 heteroatoms. The van der Waals surface area contributed by atoms with Crippen LogP contribution in [0.4, 0.5) is 0 Å². The number of carbonyl (C=O) groups is 1. The highest BCUT2D eigenvalue weighted by Gasteiger charge is 2.42. The van der Waals surface area contributed by atoms with Gasteiger partial charge in [-0.1, -0.05) is 6.92 Å². The summed E-state index contributed by atoms with van der Waals surface area (Å²) in [4.78, 5) is 26.4. The van der Waals surface area contributed by atoms with Crippen molar-refractivity contribution in [3.63, 3.8) is 0 Å². The first kappa shape index (κ1) is 18.4. The molecule has 2 aromatic heterocycles. The van der Waals surface area contributed by atoms with Gasteiger partial charge in [0.2, 0.25) is 0 Å². The number of aliphatic hydroxyl groups excluding tert-OH is 1. The lowest BCUT2D eigenvalue weighted by Gasteiger charge is -2.49. The van der Waals surface area contributed by atoms with Crippen LogP contribution in [0.3, 0.4) is 0 Å². The van der Waals surface area contributed by atoms with E-state index in [1.807, 2.05) is 23.4 Å². The number of piperidine rings is 2. The van der Waals surface area contributed by atoms with Gasteiger partial charge in [-0.25, -0.2) is 9.97 Å². The van der Waals surface area contributed by atoms with Crippen molar-refractivity contribution in [3.05, 3.63) is 23.7 Å². The Morgan fingerprint density at radius 2 is 2.11 bits per heavy atom. The fourth-order valence-electron chi connectivity index (χ4n) is 4.78. The summed E-state index contributed by atoms with van der Waals surface area (Å²) >= 11 is 0. The van der Waals surface area contributed by atoms with Gasteiger partial charge < -0.3 is 19.5 Å². The summed E-state index contributed by atoms with van der Waals surface area (Å²) in [5, 5.41) is 10.3. The summed E-state index contributed by atoms with van der Waals surface area (Å²) in [7, 11) is 1.92. The number of rotatable bonds is 2. The molecule has 7 nitrogen and oxygen atoms in total. The van der Waals surface area contributed by atoms with Crippen molar-refractivity contribution in [2.75, 3.05) is 32.7 Å². The van der Waals surface area contributed by atoms with Gasteiger partial charge >= 0.3 is 0 Å². The number of amides is 1. The molecule has 2 fully saturated rings. The molecule has 0 bridgehead atoms. The molecule has 1 N–H and O–H groups in total. The Labute approximate surface area is 160 Å². The number of aliphatic hydroxyl groups is 1. The van der Waals surface area contributed by atoms with Crippen molar-refractivity contribution in [1.82, 2.24) is 24.3 Å². The smallest absolute Gasteiger partial charge is 0.256 e. The first-order valence-electron chi connectivity index (χ1n) is 9.90. The molecule has 146 valence electrons. The number of β-amino-alcohol motifs (C(OH)–C–C–N with tert-alkyl or cyclic N) is 1. The number of pyridine rings is 1. The van der Waals surface area contributed by atoms with E-state index in [1.165, 1.54) is 0 Å². The van der Waals surface area contributed by atoms with Crippen LogP contribution in [-0.2, 0) is 7.05 Å². The maximum Gasteiger partial charge on any atom is 0.256 e. The molecule has 0 radical (unpaired) electrons. The van der Waals surface area contributed by atoms with E-state index < -0.39 is 0 Å². The Hall–Kier alpha value is -1.99. The summed E-state index contributed by atoms with van der Waals surface area (Å²) < 4.78 is 1.92. The molecule has 1 unspecified atom stereocenters. The topological polar surface area (TPSA) is 74.5 Å². The number of likely N-dealkylation sites (tertiary alicyclic amines) is 2. The average Bonchev–Trinajstić information content (AvgIpc) is 2.95. The van der Waals surface area contributed by atoms with Crippen LogP contribution in [0.5, 0.6) is 0 Å². The number of carbonyl (C=O) groups excluding carboxylic acids is 1. The number of fused-ring (bicyclic) bond motifs is 1. The third-order valence-electron chi connectivity index (χ3n) is 6.47. The molecule has 2 aromatic rings. The molecule has 1 spiro atoms. The third-order valence-corrected chi connectivity index (χ3v) is 6.47. The van der Waals surface area contributed by atoms with E-state index >= 15 is 0 Å². The molecule has 2 aliphatic rings. The summed E-state index contributed by atoms with van der Waals surface area (Å²) in [6.07, 6.45) is 4.18. The minimum absolute atomic E-state index is 0.0408. The van der Waals surface area contributed by atoms with Gasteiger partial charge in [0.25, 0.3) is 5.91 Å². The largest absolute Gasteiger partial charge is 0.392 e. The molecule has 0 aromatic carbocycles. The molecule has 0 aliphatic carbocycles. The summed E-state index contributed by atoms with van der Waals surface area (Å²) in [6.45, 7) is 8.31. The zero-order valence-electron chi connectivity index (χ0n) is 16.5. The maximum atomic E-state index is 13.2. The summed E-state index contributed by atoms with van der Waals surface area (Å²) in [6, 6.07) is 1.78. The minimum atomic E-state index is -0.253. The molecule has 1 amide bonds. The normalized spacial score (nSPS) is 23.3. The highest BCUT2D eigenvalue weighted by molar-refractivity contribution is 6.04. The Morgan fingerprint density at radius 3 is 2.81 bits per heavy atom. The van der Waals surface area contributed by atoms with Gasteiger partial charge in [-0.15, -0.1) is 0 Å². The molecule has 4 heterocycles. The van der Waals surface area contributed by atoms with Gasteiger partial charge in [0.1, 0.15) is 11.3 Å². The Kier molecular flexibility index (Phi) is 4.68. The van der Waals surface area contributed by atoms with Gasteiger partial charge in [0.15, 0.2) is 5.65 Å². The molecule has 4 rings (SSSR count). The average molecular weight is 371 g/mol. The van der Waals surface area contributed by atoms with E-state index in [0.29, 0.717) is 11.1 Å². The predicted octanol–water partition coefficient (Wildman–Crippen LogP) is 1.59. The van der Waals surface area contributed by atoms with Gasteiger partial charge in [-0.2, -0.15) is 0 Å². The number of hydrogen-bond donors (Lipinski definition) is 1. The van der Waals surface area contributed by atoms with Crippen LogP contribution >= 0.6 is 0 Å². The van der Waals surface area contributed by atoms with Gasteiger partial charge in [-0.05, 0) is 44.2 Å². The number of aryl methyl sites for hydroxylation is 2. The molecular formula is C20H29N5O2. The number of aromatic nitrogens is 3. The molecule has 27 heavy (non-hydrogen) atoms. The van der Waals surface area contributed by atoms with E-state index in [-0.39, 0.29) is 17.4 Å². The molecule has 2 saturated heterocycles. The maximum absolute atomic E-state index is 13.2. The molecule has 1 atom stereocenters. The molecular weight excluding hydrogens is 342 g/mol. The third kappa shape index (κ3) is 3.23. The van der Waals surface area contributed by atoms with Crippen molar-refractivity contribution >= 4 is 17.1 Å². The number of likely N-dealkylation sites (N-methyl/N-ethyl adjacent to an activating group) is 1. The first-order valence-corrected chi connectivity index (χ1v) is 9.90. The van der Waals surface area contributed by atoms with Crippen LogP contribution < -0.4 is 0 Å². The predicted molar refractivity (Wildman–Crippen MR) is 104 cm³/mol. The van der Waals surface area contributed by atoms with Crippen LogP contribution in [0.1, 0.15) is 42.4 Å². The van der Waals surface area contributed by atoms with E-state index in [4.69, 9.17) is 0 Å². The van der Waals surface area contributed by atoms with Crippen LogP contribution in [0.2, 0.25) is 0 Å². The fourth-order valence-corrected chi connectivity index (χ4v) is 4.78. The summed E-state index contributed by atoms with van der Waals surface area (Å²) in [5.41, 5.74) is 2.21. The SMILES string of the molecule is CCN1CC(O)CC2(CCN(C(=O)c3ccnc4c3nc(C)n4C)CC2)C1. The zero-order valence-corrected chi connectivity index (χ0v) is 16.5. The molecule has 2 aliphatic heterocycles. The lowest BCUT2D eigenvalue weighted by Crippen LogP contribution is -2.54. The quantitative estimate of drug-likeness (QED) is 0.868. The minimum Gasteiger partial charge on any atom is -0.392 e. The second-order valence-electron chi connectivity index (χ2n) is 8.23. The second kappa shape index (κ2) is 6.87. The lowest BCUT2D eigenvalue weighted by molar-refractivity contribution is -0.0357. The van der Waals surface area contributed by atoms with E-state index in [2.05, 4.69) is 21.8 Å². The summed E-state index contributed by atoms with van der Waals surface area (Å²) in [5.74, 6) is 0.894. The number of nitrogens with zero attached hydrogens (tertiary/aromatic N) is 5. The number of imidazole rings is 1. The Balaban J connectivity index is 1.52. The van der Waals surface area contributed by atoms with Gasteiger partial charge in [-0.3, -0.25) is 4.79 Å².